The molecule has 1 aliphatic rings. The monoisotopic (exact) mass is 329 g/mol. The molecule has 126 valence electrons. The van der Waals surface area contributed by atoms with E-state index in [0.29, 0.717) is 12.0 Å². The van der Waals surface area contributed by atoms with Gasteiger partial charge in [-0.1, -0.05) is 19.3 Å². The lowest BCUT2D eigenvalue weighted by atomic mass is 9.96. The Hall–Kier alpha value is -2.96. The molecule has 1 saturated carbocycles. The second kappa shape index (κ2) is 6.66. The molecule has 1 fully saturated rings. The molecule has 0 spiro atoms. The molecule has 2 aromatic heterocycles. The zero-order chi connectivity index (χ0) is 17.1. The van der Waals surface area contributed by atoms with E-state index >= 15 is 0 Å². The number of nitrogens with two attached hydrogens (primary N) is 2. The van der Waals surface area contributed by atoms with E-state index < -0.39 is 11.8 Å². The Morgan fingerprint density at radius 1 is 1.33 bits per heavy atom. The van der Waals surface area contributed by atoms with Crippen LogP contribution in [0.4, 0.5) is 11.9 Å². The lowest BCUT2D eigenvalue weighted by Crippen LogP contribution is -2.24. The molecule has 10 heteroatoms. The number of carbonyl (C=O) groups is 1. The Bertz CT molecular complexity index is 787. The molecular weight excluding hydrogens is 310 g/mol. The first-order valence-corrected chi connectivity index (χ1v) is 7.91. The normalized spacial score (nSPS) is 16.6. The van der Waals surface area contributed by atoms with E-state index in [0.717, 1.165) is 12.8 Å². The number of rotatable bonds is 5. The number of fused-ring (bicyclic) bond motifs is 1. The highest BCUT2D eigenvalue weighted by Gasteiger charge is 2.20. The van der Waals surface area contributed by atoms with Gasteiger partial charge in [0.25, 0.3) is 5.78 Å². The molecule has 0 aliphatic heterocycles. The van der Waals surface area contributed by atoms with Crippen molar-refractivity contribution in [2.45, 2.75) is 44.6 Å². The van der Waals surface area contributed by atoms with Crippen molar-refractivity contribution >= 4 is 23.6 Å². The van der Waals surface area contributed by atoms with E-state index in [1.165, 1.54) is 23.8 Å². The highest BCUT2D eigenvalue weighted by Crippen LogP contribution is 2.20. The van der Waals surface area contributed by atoms with E-state index in [1.54, 1.807) is 0 Å². The summed E-state index contributed by atoms with van der Waals surface area (Å²) in [6.07, 6.45) is 5.80. The minimum Gasteiger partial charge on any atom is -0.369 e. The second-order valence-electron chi connectivity index (χ2n) is 5.91. The van der Waals surface area contributed by atoms with Gasteiger partial charge in [0.15, 0.2) is 5.82 Å². The molecule has 0 radical (unpaired) electrons. The first-order valence-electron chi connectivity index (χ1n) is 7.91. The largest absolute Gasteiger partial charge is 0.369 e. The molecule has 10 nitrogen and oxygen atoms in total. The van der Waals surface area contributed by atoms with E-state index in [9.17, 15) is 4.79 Å². The molecule has 1 amide bonds. The van der Waals surface area contributed by atoms with Gasteiger partial charge in [-0.2, -0.15) is 24.7 Å². The third kappa shape index (κ3) is 3.34. The molecule has 2 heterocycles. The minimum absolute atomic E-state index is 0.0139. The smallest absolute Gasteiger partial charge is 0.258 e. The molecule has 24 heavy (non-hydrogen) atoms. The van der Waals surface area contributed by atoms with Gasteiger partial charge in [0.2, 0.25) is 17.8 Å². The zero-order valence-corrected chi connectivity index (χ0v) is 13.1. The van der Waals surface area contributed by atoms with Crippen LogP contribution in [0.2, 0.25) is 0 Å². The summed E-state index contributed by atoms with van der Waals surface area (Å²) in [6.45, 7) is 0. The third-order valence-corrected chi connectivity index (χ3v) is 4.10. The van der Waals surface area contributed by atoms with E-state index in [-0.39, 0.29) is 24.0 Å². The average molecular weight is 329 g/mol. The van der Waals surface area contributed by atoms with Crippen LogP contribution in [-0.4, -0.2) is 36.5 Å². The first-order chi connectivity index (χ1) is 11.6. The third-order valence-electron chi connectivity index (χ3n) is 4.10. The fraction of sp³-hybridized carbons (Fsp3) is 0.571. The summed E-state index contributed by atoms with van der Waals surface area (Å²) < 4.78 is 1.29. The lowest BCUT2D eigenvalue weighted by molar-refractivity contribution is -0.120. The van der Waals surface area contributed by atoms with Gasteiger partial charge in [-0.3, -0.25) is 4.79 Å². The molecule has 5 N–H and O–H groups in total. The van der Waals surface area contributed by atoms with Gasteiger partial charge >= 0.3 is 0 Å². The standard InChI is InChI=1S/C14H19N9O/c15-7-8(11(16)24)6-10-19-14-21-13(20-12(17)23(14)22-10)18-9-4-2-1-3-5-9/h8-9H,1-6H2,(H2,16,24)(H3,17,18,19,20,21,22)/t8-/m1/s1. The van der Waals surface area contributed by atoms with E-state index in [1.807, 2.05) is 6.07 Å². The van der Waals surface area contributed by atoms with Crippen LogP contribution in [0.3, 0.4) is 0 Å². The molecule has 0 aromatic carbocycles. The van der Waals surface area contributed by atoms with Crippen LogP contribution in [0, 0.1) is 17.2 Å². The van der Waals surface area contributed by atoms with Gasteiger partial charge in [-0.25, -0.2) is 0 Å². The number of nitrogens with zero attached hydrogens (tertiary/aromatic N) is 6. The van der Waals surface area contributed by atoms with Crippen molar-refractivity contribution in [3.8, 4) is 6.07 Å². The number of aromatic nitrogens is 5. The molecular formula is C14H19N9O. The average Bonchev–Trinajstić information content (AvgIpc) is 2.96. The maximum absolute atomic E-state index is 11.2. The van der Waals surface area contributed by atoms with E-state index in [4.69, 9.17) is 16.7 Å². The van der Waals surface area contributed by atoms with Crippen LogP contribution in [0.5, 0.6) is 0 Å². The van der Waals surface area contributed by atoms with Crippen molar-refractivity contribution in [3.63, 3.8) is 0 Å². The molecule has 1 atom stereocenters. The van der Waals surface area contributed by atoms with Crippen molar-refractivity contribution in [2.24, 2.45) is 11.7 Å². The highest BCUT2D eigenvalue weighted by molar-refractivity contribution is 5.79. The topological polar surface area (TPSA) is 161 Å². The summed E-state index contributed by atoms with van der Waals surface area (Å²) >= 11 is 0. The summed E-state index contributed by atoms with van der Waals surface area (Å²) in [5.41, 5.74) is 11.1. The Morgan fingerprint density at radius 2 is 2.08 bits per heavy atom. The predicted molar refractivity (Wildman–Crippen MR) is 85.5 cm³/mol. The van der Waals surface area contributed by atoms with Crippen LogP contribution in [-0.2, 0) is 11.2 Å². The summed E-state index contributed by atoms with van der Waals surface area (Å²) in [4.78, 5) is 23.9. The minimum atomic E-state index is -0.989. The molecule has 3 rings (SSSR count). The van der Waals surface area contributed by atoms with Crippen LogP contribution in [0.1, 0.15) is 37.9 Å². The number of carbonyl (C=O) groups excluding carboxylic acids is 1. The molecule has 2 aromatic rings. The van der Waals surface area contributed by atoms with Crippen LogP contribution in [0.25, 0.3) is 5.78 Å². The number of nitrogen functional groups attached to an aromatic ring is 1. The van der Waals surface area contributed by atoms with Gasteiger partial charge in [-0.15, -0.1) is 5.10 Å². The lowest BCUT2D eigenvalue weighted by Gasteiger charge is -2.22. The predicted octanol–water partition coefficient (Wildman–Crippen LogP) is 0.0137. The van der Waals surface area contributed by atoms with Gasteiger partial charge in [0.1, 0.15) is 5.92 Å². The quantitative estimate of drug-likeness (QED) is 0.691. The Morgan fingerprint density at radius 3 is 2.75 bits per heavy atom. The van der Waals surface area contributed by atoms with Gasteiger partial charge in [0.05, 0.1) is 6.07 Å². The van der Waals surface area contributed by atoms with Gasteiger partial charge in [0, 0.05) is 12.5 Å². The Labute approximate surface area is 138 Å². The summed E-state index contributed by atoms with van der Waals surface area (Å²) in [5.74, 6) is -0.596. The van der Waals surface area contributed by atoms with Crippen molar-refractivity contribution in [2.75, 3.05) is 11.1 Å². The number of anilines is 2. The molecule has 1 aliphatic carbocycles. The Kier molecular flexibility index (Phi) is 4.41. The van der Waals surface area contributed by atoms with Crippen LogP contribution >= 0.6 is 0 Å². The summed E-state index contributed by atoms with van der Waals surface area (Å²) in [6, 6.07) is 2.17. The maximum atomic E-state index is 11.2. The number of hydrogen-bond donors (Lipinski definition) is 3. The SMILES string of the molecule is N#C[C@@H](Cc1nc2nc(NC3CCCCC3)nc(N)n2n1)C(N)=O. The fourth-order valence-electron chi connectivity index (χ4n) is 2.82. The zero-order valence-electron chi connectivity index (χ0n) is 13.1. The van der Waals surface area contributed by atoms with Crippen molar-refractivity contribution < 1.29 is 4.79 Å². The van der Waals surface area contributed by atoms with Gasteiger partial charge < -0.3 is 16.8 Å². The fourth-order valence-corrected chi connectivity index (χ4v) is 2.82. The van der Waals surface area contributed by atoms with Crippen molar-refractivity contribution in [1.29, 1.82) is 5.26 Å². The first kappa shape index (κ1) is 15.9. The summed E-state index contributed by atoms with van der Waals surface area (Å²) in [5, 5.41) is 16.4. The van der Waals surface area contributed by atoms with Crippen LogP contribution < -0.4 is 16.8 Å². The number of amides is 1. The number of primary amides is 1. The van der Waals surface area contributed by atoms with Crippen molar-refractivity contribution in [3.05, 3.63) is 5.82 Å². The Balaban J connectivity index is 1.82. The van der Waals surface area contributed by atoms with E-state index in [2.05, 4.69) is 25.4 Å². The molecule has 0 unspecified atom stereocenters. The van der Waals surface area contributed by atoms with Crippen LogP contribution in [0.15, 0.2) is 0 Å². The molecule has 0 bridgehead atoms. The highest BCUT2D eigenvalue weighted by atomic mass is 16.1. The molecule has 0 saturated heterocycles. The second-order valence-corrected chi connectivity index (χ2v) is 5.91. The number of hydrogen-bond acceptors (Lipinski definition) is 8. The van der Waals surface area contributed by atoms with Gasteiger partial charge in [-0.05, 0) is 12.8 Å². The summed E-state index contributed by atoms with van der Waals surface area (Å²) in [7, 11) is 0. The van der Waals surface area contributed by atoms with Crippen molar-refractivity contribution in [1.82, 2.24) is 24.6 Å². The number of nitrogens with one attached hydrogen (secondary N) is 1. The number of nitriles is 1. The maximum Gasteiger partial charge on any atom is 0.258 e.